The zero-order valence-corrected chi connectivity index (χ0v) is 19.0. The van der Waals surface area contributed by atoms with Gasteiger partial charge in [0, 0.05) is 62.8 Å². The fraction of sp³-hybridized carbons (Fsp3) is 0.458. The van der Waals surface area contributed by atoms with Gasteiger partial charge in [0.1, 0.15) is 11.5 Å². The number of nitrogens with zero attached hydrogens (tertiary/aromatic N) is 2. The summed E-state index contributed by atoms with van der Waals surface area (Å²) in [4.78, 5) is 17.4. The number of nitrogens with one attached hydrogen (secondary N) is 2. The Balaban J connectivity index is 1.46. The van der Waals surface area contributed by atoms with Crippen LogP contribution in [0.5, 0.6) is 11.5 Å². The number of benzene rings is 2. The van der Waals surface area contributed by atoms with Gasteiger partial charge in [-0.1, -0.05) is 12.1 Å². The van der Waals surface area contributed by atoms with E-state index in [9.17, 15) is 4.79 Å². The van der Waals surface area contributed by atoms with Crippen LogP contribution in [0, 0.1) is 0 Å². The molecule has 0 spiro atoms. The standard InChI is InChI=1S/C24H32N4O4/c1-27-7-6-18-12-17(4-5-22(18)27)23(28-8-10-32-11-9-28)16-25-24(29)26-19-13-20(30-2)15-21(14-19)31-3/h4-5,12-15,23H,6-11,16H2,1-3H3,(H2,25,26,29). The van der Waals surface area contributed by atoms with Gasteiger partial charge in [-0.3, -0.25) is 4.90 Å². The lowest BCUT2D eigenvalue weighted by atomic mass is 10.0. The fourth-order valence-electron chi connectivity index (χ4n) is 4.39. The molecule has 2 amide bonds. The van der Waals surface area contributed by atoms with Crippen molar-refractivity contribution in [2.24, 2.45) is 0 Å². The number of hydrogen-bond acceptors (Lipinski definition) is 6. The van der Waals surface area contributed by atoms with E-state index in [1.165, 1.54) is 16.8 Å². The fourth-order valence-corrected chi connectivity index (χ4v) is 4.39. The maximum Gasteiger partial charge on any atom is 0.319 e. The molecule has 0 aromatic heterocycles. The van der Waals surface area contributed by atoms with E-state index in [0.717, 1.165) is 26.1 Å². The molecular formula is C24H32N4O4. The third-order valence-corrected chi connectivity index (χ3v) is 6.17. The van der Waals surface area contributed by atoms with E-state index in [1.807, 2.05) is 0 Å². The maximum absolute atomic E-state index is 12.7. The van der Waals surface area contributed by atoms with Crippen molar-refractivity contribution in [3.63, 3.8) is 0 Å². The molecule has 2 N–H and O–H groups in total. The van der Waals surface area contributed by atoms with Gasteiger partial charge < -0.3 is 29.7 Å². The van der Waals surface area contributed by atoms with Crippen molar-refractivity contribution in [2.45, 2.75) is 12.5 Å². The highest BCUT2D eigenvalue weighted by atomic mass is 16.5. The summed E-state index contributed by atoms with van der Waals surface area (Å²) in [6, 6.07) is 11.8. The number of carbonyl (C=O) groups excluding carboxylic acids is 1. The first kappa shape index (κ1) is 22.2. The Hall–Kier alpha value is -2.97. The number of carbonyl (C=O) groups is 1. The van der Waals surface area contributed by atoms with E-state index in [1.54, 1.807) is 32.4 Å². The minimum Gasteiger partial charge on any atom is -0.497 e. The normalized spacial score (nSPS) is 16.9. The quantitative estimate of drug-likeness (QED) is 0.690. The van der Waals surface area contributed by atoms with Crippen LogP contribution < -0.4 is 25.0 Å². The van der Waals surface area contributed by atoms with Crippen molar-refractivity contribution >= 4 is 17.4 Å². The van der Waals surface area contributed by atoms with Gasteiger partial charge in [-0.25, -0.2) is 4.79 Å². The summed E-state index contributed by atoms with van der Waals surface area (Å²) in [5, 5.41) is 5.94. The van der Waals surface area contributed by atoms with Crippen molar-refractivity contribution < 1.29 is 19.0 Å². The van der Waals surface area contributed by atoms with Crippen LogP contribution in [0.25, 0.3) is 0 Å². The summed E-state index contributed by atoms with van der Waals surface area (Å²) in [6.07, 6.45) is 1.06. The molecule has 8 heteroatoms. The van der Waals surface area contributed by atoms with Gasteiger partial charge in [-0.2, -0.15) is 0 Å². The lowest BCUT2D eigenvalue weighted by molar-refractivity contribution is 0.0168. The Kier molecular flexibility index (Phi) is 7.02. The number of morpholine rings is 1. The summed E-state index contributed by atoms with van der Waals surface area (Å²) in [6.45, 7) is 4.66. The molecular weight excluding hydrogens is 408 g/mol. The third-order valence-electron chi connectivity index (χ3n) is 6.17. The molecule has 172 valence electrons. The number of amides is 2. The molecule has 2 aliphatic heterocycles. The Morgan fingerprint density at radius 2 is 1.78 bits per heavy atom. The second-order valence-corrected chi connectivity index (χ2v) is 8.16. The maximum atomic E-state index is 12.7. The lowest BCUT2D eigenvalue weighted by Crippen LogP contribution is -2.44. The minimum absolute atomic E-state index is 0.0840. The van der Waals surface area contributed by atoms with Gasteiger partial charge in [0.05, 0.1) is 33.5 Å². The SMILES string of the molecule is COc1cc(NC(=O)NCC(c2ccc3c(c2)CCN3C)N2CCOCC2)cc(OC)c1. The molecule has 32 heavy (non-hydrogen) atoms. The second-order valence-electron chi connectivity index (χ2n) is 8.16. The summed E-state index contributed by atoms with van der Waals surface area (Å²) < 4.78 is 16.1. The molecule has 2 aromatic carbocycles. The first-order valence-corrected chi connectivity index (χ1v) is 11.0. The highest BCUT2D eigenvalue weighted by molar-refractivity contribution is 5.89. The number of methoxy groups -OCH3 is 2. The van der Waals surface area contributed by atoms with Crippen LogP contribution in [-0.2, 0) is 11.2 Å². The number of anilines is 2. The molecule has 0 radical (unpaired) electrons. The molecule has 0 aliphatic carbocycles. The van der Waals surface area contributed by atoms with Crippen LogP contribution in [-0.4, -0.2) is 71.6 Å². The Bertz CT molecular complexity index is 923. The molecule has 0 saturated carbocycles. The van der Waals surface area contributed by atoms with Gasteiger partial charge in [-0.15, -0.1) is 0 Å². The summed E-state index contributed by atoms with van der Waals surface area (Å²) >= 11 is 0. The van der Waals surface area contributed by atoms with Crippen molar-refractivity contribution in [3.8, 4) is 11.5 Å². The minimum atomic E-state index is -0.264. The molecule has 1 saturated heterocycles. The monoisotopic (exact) mass is 440 g/mol. The molecule has 1 unspecified atom stereocenters. The number of rotatable bonds is 7. The summed E-state index contributed by atoms with van der Waals surface area (Å²) in [7, 11) is 5.30. The second kappa shape index (κ2) is 10.1. The van der Waals surface area contributed by atoms with Crippen molar-refractivity contribution in [2.75, 3.05) is 70.9 Å². The zero-order valence-electron chi connectivity index (χ0n) is 19.0. The van der Waals surface area contributed by atoms with E-state index in [2.05, 4.69) is 45.7 Å². The number of fused-ring (bicyclic) bond motifs is 1. The van der Waals surface area contributed by atoms with Crippen molar-refractivity contribution in [1.29, 1.82) is 0 Å². The van der Waals surface area contributed by atoms with Gasteiger partial charge in [0.2, 0.25) is 0 Å². The molecule has 0 bridgehead atoms. The van der Waals surface area contributed by atoms with Crippen LogP contribution in [0.15, 0.2) is 36.4 Å². The smallest absolute Gasteiger partial charge is 0.319 e. The van der Waals surface area contributed by atoms with Gasteiger partial charge in [0.25, 0.3) is 0 Å². The van der Waals surface area contributed by atoms with E-state index < -0.39 is 0 Å². The molecule has 8 nitrogen and oxygen atoms in total. The molecule has 4 rings (SSSR count). The average molecular weight is 441 g/mol. The average Bonchev–Trinajstić information content (AvgIpc) is 3.19. The zero-order chi connectivity index (χ0) is 22.5. The van der Waals surface area contributed by atoms with Gasteiger partial charge >= 0.3 is 6.03 Å². The van der Waals surface area contributed by atoms with E-state index in [0.29, 0.717) is 36.9 Å². The third kappa shape index (κ3) is 5.08. The molecule has 2 aromatic rings. The van der Waals surface area contributed by atoms with E-state index in [4.69, 9.17) is 14.2 Å². The van der Waals surface area contributed by atoms with Crippen molar-refractivity contribution in [1.82, 2.24) is 10.2 Å². The summed E-state index contributed by atoms with van der Waals surface area (Å²) in [5.41, 5.74) is 4.51. The summed E-state index contributed by atoms with van der Waals surface area (Å²) in [5.74, 6) is 1.24. The number of urea groups is 1. The predicted octanol–water partition coefficient (Wildman–Crippen LogP) is 2.89. The molecule has 1 fully saturated rings. The number of ether oxygens (including phenoxy) is 3. The number of likely N-dealkylation sites (N-methyl/N-ethyl adjacent to an activating group) is 1. The van der Waals surface area contributed by atoms with Crippen LogP contribution in [0.2, 0.25) is 0 Å². The van der Waals surface area contributed by atoms with Crippen LogP contribution >= 0.6 is 0 Å². The van der Waals surface area contributed by atoms with Crippen LogP contribution in [0.3, 0.4) is 0 Å². The predicted molar refractivity (Wildman–Crippen MR) is 125 cm³/mol. The Labute approximate surface area is 189 Å². The largest absolute Gasteiger partial charge is 0.497 e. The molecule has 1 atom stereocenters. The Morgan fingerprint density at radius 1 is 1.06 bits per heavy atom. The first-order valence-electron chi connectivity index (χ1n) is 11.0. The molecule has 2 heterocycles. The first-order chi connectivity index (χ1) is 15.6. The number of hydrogen-bond donors (Lipinski definition) is 2. The topological polar surface area (TPSA) is 75.3 Å². The van der Waals surface area contributed by atoms with Gasteiger partial charge in [-0.05, 0) is 23.6 Å². The van der Waals surface area contributed by atoms with Crippen LogP contribution in [0.4, 0.5) is 16.2 Å². The van der Waals surface area contributed by atoms with Crippen molar-refractivity contribution in [3.05, 3.63) is 47.5 Å². The van der Waals surface area contributed by atoms with Gasteiger partial charge in [0.15, 0.2) is 0 Å². The van der Waals surface area contributed by atoms with Crippen LogP contribution in [0.1, 0.15) is 17.2 Å². The highest BCUT2D eigenvalue weighted by Gasteiger charge is 2.25. The highest BCUT2D eigenvalue weighted by Crippen LogP contribution is 2.31. The Morgan fingerprint density at radius 3 is 2.47 bits per heavy atom. The lowest BCUT2D eigenvalue weighted by Gasteiger charge is -2.35. The van der Waals surface area contributed by atoms with E-state index >= 15 is 0 Å². The van der Waals surface area contributed by atoms with E-state index in [-0.39, 0.29) is 12.1 Å². The molecule has 2 aliphatic rings.